The van der Waals surface area contributed by atoms with Crippen molar-refractivity contribution in [3.05, 3.63) is 0 Å². The molecule has 0 unspecified atom stereocenters. The smallest absolute Gasteiger partial charge is 0.0746 e. The number of nitrogens with zero attached hydrogens (tertiary/aromatic N) is 1. The predicted molar refractivity (Wildman–Crippen MR) is 51.3 cm³/mol. The Morgan fingerprint density at radius 3 is 2.17 bits per heavy atom. The van der Waals surface area contributed by atoms with Crippen LogP contribution in [0.25, 0.3) is 0 Å². The van der Waals surface area contributed by atoms with Crippen LogP contribution in [0.3, 0.4) is 0 Å². The molecule has 0 N–H and O–H groups in total. The molecule has 12 heavy (non-hydrogen) atoms. The number of hydrogen-bond acceptors (Lipinski definition) is 2. The largest absolute Gasteiger partial charge is 0.371 e. The van der Waals surface area contributed by atoms with Crippen LogP contribution >= 0.6 is 0 Å². The molecule has 1 heterocycles. The molecular formula is C10H21NO. The van der Waals surface area contributed by atoms with Crippen LogP contribution in [0.1, 0.15) is 27.7 Å². The number of likely N-dealkylation sites (N-methyl/N-ethyl adjacent to an activating group) is 1. The van der Waals surface area contributed by atoms with Crippen molar-refractivity contribution >= 4 is 0 Å². The molecule has 1 saturated heterocycles. The van der Waals surface area contributed by atoms with Gasteiger partial charge < -0.3 is 9.64 Å². The first-order valence-corrected chi connectivity index (χ1v) is 4.75. The third-order valence-corrected chi connectivity index (χ3v) is 2.23. The van der Waals surface area contributed by atoms with Gasteiger partial charge in [0, 0.05) is 13.1 Å². The summed E-state index contributed by atoms with van der Waals surface area (Å²) in [4.78, 5) is 2.33. The molecule has 2 nitrogen and oxygen atoms in total. The number of hydrogen-bond donors (Lipinski definition) is 0. The maximum atomic E-state index is 5.94. The molecule has 0 spiro atoms. The standard InChI is InChI=1S/C10H21NO/c1-8-6-11(5)7-9(8)12-10(2,3)4/h8-9H,6-7H2,1-5H3/t8-,9-/m1/s1. The number of rotatable bonds is 1. The summed E-state index contributed by atoms with van der Waals surface area (Å²) in [5.41, 5.74) is 0.00407. The lowest BCUT2D eigenvalue weighted by Crippen LogP contribution is -2.31. The molecule has 2 heteroatoms. The Hall–Kier alpha value is -0.0800. The second-order valence-corrected chi connectivity index (χ2v) is 4.97. The Balaban J connectivity index is 2.43. The number of likely N-dealkylation sites (tertiary alicyclic amines) is 1. The van der Waals surface area contributed by atoms with Crippen molar-refractivity contribution in [2.24, 2.45) is 5.92 Å². The van der Waals surface area contributed by atoms with Gasteiger partial charge in [0.15, 0.2) is 0 Å². The maximum Gasteiger partial charge on any atom is 0.0746 e. The molecule has 0 aromatic carbocycles. The fourth-order valence-corrected chi connectivity index (χ4v) is 1.78. The summed E-state index contributed by atoms with van der Waals surface area (Å²) in [6, 6.07) is 0. The molecule has 0 bridgehead atoms. The van der Waals surface area contributed by atoms with Crippen LogP contribution in [0.2, 0.25) is 0 Å². The average molecular weight is 171 g/mol. The summed E-state index contributed by atoms with van der Waals surface area (Å²) < 4.78 is 5.94. The molecular weight excluding hydrogens is 150 g/mol. The summed E-state index contributed by atoms with van der Waals surface area (Å²) in [6.07, 6.45) is 0.426. The maximum absolute atomic E-state index is 5.94. The molecule has 1 fully saturated rings. The summed E-state index contributed by atoms with van der Waals surface area (Å²) in [6.45, 7) is 10.9. The first kappa shape index (κ1) is 10.0. The molecule has 1 rings (SSSR count). The van der Waals surface area contributed by atoms with Crippen molar-refractivity contribution in [1.82, 2.24) is 4.90 Å². The van der Waals surface area contributed by atoms with Gasteiger partial charge in [-0.25, -0.2) is 0 Å². The third-order valence-electron chi connectivity index (χ3n) is 2.23. The van der Waals surface area contributed by atoms with Crippen molar-refractivity contribution in [3.63, 3.8) is 0 Å². The van der Waals surface area contributed by atoms with E-state index in [4.69, 9.17) is 4.74 Å². The van der Waals surface area contributed by atoms with Crippen molar-refractivity contribution in [3.8, 4) is 0 Å². The van der Waals surface area contributed by atoms with Crippen LogP contribution in [0, 0.1) is 5.92 Å². The minimum Gasteiger partial charge on any atom is -0.371 e. The zero-order valence-electron chi connectivity index (χ0n) is 8.92. The summed E-state index contributed by atoms with van der Waals surface area (Å²) in [5.74, 6) is 0.675. The van der Waals surface area contributed by atoms with E-state index < -0.39 is 0 Å². The van der Waals surface area contributed by atoms with Crippen molar-refractivity contribution in [2.75, 3.05) is 20.1 Å². The lowest BCUT2D eigenvalue weighted by molar-refractivity contribution is -0.0675. The first-order chi connectivity index (χ1) is 5.38. The van der Waals surface area contributed by atoms with Crippen molar-refractivity contribution in [2.45, 2.75) is 39.4 Å². The Kier molecular flexibility index (Phi) is 2.79. The average Bonchev–Trinajstić information content (AvgIpc) is 2.06. The van der Waals surface area contributed by atoms with Gasteiger partial charge in [-0.1, -0.05) is 6.92 Å². The molecule has 0 aromatic rings. The van der Waals surface area contributed by atoms with E-state index in [9.17, 15) is 0 Å². The Morgan fingerprint density at radius 2 is 1.83 bits per heavy atom. The van der Waals surface area contributed by atoms with E-state index in [1.54, 1.807) is 0 Å². The fourth-order valence-electron chi connectivity index (χ4n) is 1.78. The second kappa shape index (κ2) is 3.35. The van der Waals surface area contributed by atoms with Crippen LogP contribution in [-0.2, 0) is 4.74 Å². The van der Waals surface area contributed by atoms with E-state index in [-0.39, 0.29) is 5.60 Å². The van der Waals surface area contributed by atoms with Crippen LogP contribution in [-0.4, -0.2) is 36.7 Å². The Morgan fingerprint density at radius 1 is 1.25 bits per heavy atom. The summed E-state index contributed by atoms with van der Waals surface area (Å²) in [7, 11) is 2.16. The lowest BCUT2D eigenvalue weighted by atomic mass is 10.1. The van der Waals surface area contributed by atoms with Crippen molar-refractivity contribution < 1.29 is 4.74 Å². The first-order valence-electron chi connectivity index (χ1n) is 4.75. The van der Waals surface area contributed by atoms with Crippen LogP contribution in [0.4, 0.5) is 0 Å². The zero-order chi connectivity index (χ0) is 9.35. The van der Waals surface area contributed by atoms with E-state index >= 15 is 0 Å². The van der Waals surface area contributed by atoms with Gasteiger partial charge in [-0.15, -0.1) is 0 Å². The van der Waals surface area contributed by atoms with E-state index in [1.165, 1.54) is 6.54 Å². The highest BCUT2D eigenvalue weighted by molar-refractivity contribution is 4.82. The topological polar surface area (TPSA) is 12.5 Å². The van der Waals surface area contributed by atoms with Gasteiger partial charge >= 0.3 is 0 Å². The molecule has 0 aromatic heterocycles. The van der Waals surface area contributed by atoms with Gasteiger partial charge in [-0.2, -0.15) is 0 Å². The van der Waals surface area contributed by atoms with Gasteiger partial charge in [0.25, 0.3) is 0 Å². The zero-order valence-corrected chi connectivity index (χ0v) is 8.92. The van der Waals surface area contributed by atoms with Crippen molar-refractivity contribution in [1.29, 1.82) is 0 Å². The van der Waals surface area contributed by atoms with E-state index in [1.807, 2.05) is 0 Å². The Bertz CT molecular complexity index is 150. The highest BCUT2D eigenvalue weighted by Crippen LogP contribution is 2.22. The van der Waals surface area contributed by atoms with E-state index in [2.05, 4.69) is 39.6 Å². The van der Waals surface area contributed by atoms with Gasteiger partial charge in [0.05, 0.1) is 11.7 Å². The molecule has 1 aliphatic rings. The molecule has 1 aliphatic heterocycles. The summed E-state index contributed by atoms with van der Waals surface area (Å²) >= 11 is 0. The highest BCUT2D eigenvalue weighted by atomic mass is 16.5. The SMILES string of the molecule is C[C@@H]1CN(C)C[C@H]1OC(C)(C)C. The normalized spacial score (nSPS) is 32.8. The molecule has 0 aliphatic carbocycles. The molecule has 0 radical (unpaired) electrons. The monoisotopic (exact) mass is 171 g/mol. The van der Waals surface area contributed by atoms with E-state index in [0.717, 1.165) is 6.54 Å². The third kappa shape index (κ3) is 2.76. The molecule has 0 amide bonds. The minimum atomic E-state index is 0.00407. The predicted octanol–water partition coefficient (Wildman–Crippen LogP) is 1.75. The van der Waals surface area contributed by atoms with Gasteiger partial charge in [0.1, 0.15) is 0 Å². The van der Waals surface area contributed by atoms with Gasteiger partial charge in [-0.3, -0.25) is 0 Å². The molecule has 72 valence electrons. The van der Waals surface area contributed by atoms with Gasteiger partial charge in [0.2, 0.25) is 0 Å². The van der Waals surface area contributed by atoms with E-state index in [0.29, 0.717) is 12.0 Å². The lowest BCUT2D eigenvalue weighted by Gasteiger charge is -2.26. The van der Waals surface area contributed by atoms with Crippen LogP contribution in [0.5, 0.6) is 0 Å². The minimum absolute atomic E-state index is 0.00407. The van der Waals surface area contributed by atoms with Crippen LogP contribution in [0.15, 0.2) is 0 Å². The number of ether oxygens (including phenoxy) is 1. The second-order valence-electron chi connectivity index (χ2n) is 4.97. The summed E-state index contributed by atoms with van der Waals surface area (Å²) in [5, 5.41) is 0. The van der Waals surface area contributed by atoms with Crippen LogP contribution < -0.4 is 0 Å². The molecule has 0 saturated carbocycles. The Labute approximate surface area is 75.9 Å². The quantitative estimate of drug-likeness (QED) is 0.596. The van der Waals surface area contributed by atoms with Gasteiger partial charge in [-0.05, 0) is 33.7 Å². The molecule has 2 atom stereocenters. The highest BCUT2D eigenvalue weighted by Gasteiger charge is 2.31. The fraction of sp³-hybridized carbons (Fsp3) is 1.00.